The number of benzene rings is 3. The molecular weight excluding hydrogens is 432 g/mol. The van der Waals surface area contributed by atoms with Crippen LogP contribution < -0.4 is 0 Å². The Bertz CT molecular complexity index is 756. The molecule has 28 heavy (non-hydrogen) atoms. The van der Waals surface area contributed by atoms with E-state index in [0.717, 1.165) is 16.7 Å². The Labute approximate surface area is 177 Å². The van der Waals surface area contributed by atoms with E-state index in [1.54, 1.807) is 0 Å². The first kappa shape index (κ1) is 21.0. The molecule has 3 rings (SSSR count). The van der Waals surface area contributed by atoms with Gasteiger partial charge in [-0.2, -0.15) is 0 Å². The number of ether oxygens (including phenoxy) is 2. The van der Waals surface area contributed by atoms with Crippen LogP contribution in [0.3, 0.4) is 0 Å². The molecule has 0 fully saturated rings. The highest BCUT2D eigenvalue weighted by atomic mass is 79.9. The van der Waals surface area contributed by atoms with Crippen LogP contribution in [0.2, 0.25) is 0 Å². The lowest BCUT2D eigenvalue weighted by molar-refractivity contribution is -0.185. The predicted octanol–water partition coefficient (Wildman–Crippen LogP) is 5.30. The second-order valence-corrected chi connectivity index (χ2v) is 8.13. The molecule has 0 aliphatic heterocycles. The van der Waals surface area contributed by atoms with Crippen molar-refractivity contribution in [1.82, 2.24) is 0 Å². The zero-order valence-corrected chi connectivity index (χ0v) is 18.2. The van der Waals surface area contributed by atoms with E-state index in [2.05, 4.69) is 28.1 Å². The molecule has 0 heterocycles. The third-order valence-electron chi connectivity index (χ3n) is 4.11. The number of hydrogen-bond donors (Lipinski definition) is 0. The normalized spacial score (nSPS) is 11.5. The zero-order valence-electron chi connectivity index (χ0n) is 15.6. The van der Waals surface area contributed by atoms with Crippen LogP contribution in [0, 0.1) is 0 Å². The van der Waals surface area contributed by atoms with Crippen LogP contribution in [0.25, 0.3) is 0 Å². The number of rotatable bonds is 11. The summed E-state index contributed by atoms with van der Waals surface area (Å²) in [5, 5.41) is 0.521. The highest BCUT2D eigenvalue weighted by molar-refractivity contribution is 9.09. The third-order valence-corrected chi connectivity index (χ3v) is 6.44. The maximum atomic E-state index is 6.24. The smallest absolute Gasteiger partial charge is 0.306 e. The molecule has 0 amide bonds. The van der Waals surface area contributed by atoms with Crippen molar-refractivity contribution in [3.8, 4) is 0 Å². The summed E-state index contributed by atoms with van der Waals surface area (Å²) in [5.74, 6) is 0. The van der Waals surface area contributed by atoms with Gasteiger partial charge < -0.3 is 13.9 Å². The second kappa shape index (κ2) is 11.3. The monoisotopic (exact) mass is 454 g/mol. The minimum absolute atomic E-state index is 0.0313. The number of alkyl halides is 1. The van der Waals surface area contributed by atoms with Crippen LogP contribution in [-0.2, 0) is 33.7 Å². The molecule has 3 aromatic carbocycles. The molecule has 144 valence electrons. The topological polar surface area (TPSA) is 27.7 Å². The zero-order chi connectivity index (χ0) is 19.5. The molecule has 3 nitrogen and oxygen atoms in total. The van der Waals surface area contributed by atoms with Crippen LogP contribution in [0.1, 0.15) is 16.7 Å². The van der Waals surface area contributed by atoms with Gasteiger partial charge in [-0.05, 0) is 16.7 Å². The number of halogens is 1. The van der Waals surface area contributed by atoms with Gasteiger partial charge in [0.15, 0.2) is 5.41 Å². The maximum absolute atomic E-state index is 6.24. The van der Waals surface area contributed by atoms with Gasteiger partial charge in [0.05, 0.1) is 25.2 Å². The van der Waals surface area contributed by atoms with Gasteiger partial charge in [0.25, 0.3) is 0 Å². The van der Waals surface area contributed by atoms with E-state index in [9.17, 15) is 0 Å². The molecule has 0 spiro atoms. The summed E-state index contributed by atoms with van der Waals surface area (Å²) >= 11 is 3.58. The van der Waals surface area contributed by atoms with E-state index in [0.29, 0.717) is 25.2 Å². The van der Waals surface area contributed by atoms with E-state index in [1.807, 2.05) is 78.9 Å². The summed E-state index contributed by atoms with van der Waals surface area (Å²) in [7, 11) is 0.0313. The first-order chi connectivity index (χ1) is 13.8. The Morgan fingerprint density at radius 2 is 1.00 bits per heavy atom. The average molecular weight is 455 g/mol. The van der Waals surface area contributed by atoms with Gasteiger partial charge >= 0.3 is 9.76 Å². The van der Waals surface area contributed by atoms with Crippen LogP contribution in [-0.4, -0.2) is 20.5 Å². The van der Waals surface area contributed by atoms with Gasteiger partial charge in [0, 0.05) is 0 Å². The molecule has 0 aromatic heterocycles. The number of hydrogen-bond acceptors (Lipinski definition) is 3. The fraction of sp³-hybridized carbons (Fsp3) is 0.217. The van der Waals surface area contributed by atoms with Gasteiger partial charge in [-0.3, -0.25) is 0 Å². The Morgan fingerprint density at radius 3 is 1.39 bits per heavy atom. The first-order valence-electron chi connectivity index (χ1n) is 9.14. The molecular formula is C23H23BrO3Si. The summed E-state index contributed by atoms with van der Waals surface area (Å²) in [5.41, 5.74) is 2.48. The lowest BCUT2D eigenvalue weighted by Crippen LogP contribution is -2.45. The largest absolute Gasteiger partial charge is 0.408 e. The van der Waals surface area contributed by atoms with E-state index in [1.165, 1.54) is 0 Å². The SMILES string of the molecule is BrCC(OCc1ccccc1)(OCc1ccccc1)[Si]OCc1ccccc1. The van der Waals surface area contributed by atoms with Gasteiger partial charge in [-0.25, -0.2) is 0 Å². The van der Waals surface area contributed by atoms with Crippen molar-refractivity contribution in [3.63, 3.8) is 0 Å². The summed E-state index contributed by atoms with van der Waals surface area (Å²) in [4.78, 5) is 0. The van der Waals surface area contributed by atoms with E-state index in [-0.39, 0.29) is 9.76 Å². The minimum Gasteiger partial charge on any atom is -0.408 e. The van der Waals surface area contributed by atoms with Crippen molar-refractivity contribution >= 4 is 25.7 Å². The summed E-state index contributed by atoms with van der Waals surface area (Å²) in [6, 6.07) is 30.3. The van der Waals surface area contributed by atoms with Crippen LogP contribution >= 0.6 is 15.9 Å². The van der Waals surface area contributed by atoms with Gasteiger partial charge in [-0.15, -0.1) is 0 Å². The molecule has 2 radical (unpaired) electrons. The van der Waals surface area contributed by atoms with Crippen LogP contribution in [0.4, 0.5) is 0 Å². The van der Waals surface area contributed by atoms with Crippen molar-refractivity contribution in [2.75, 3.05) is 5.33 Å². The van der Waals surface area contributed by atoms with Crippen molar-refractivity contribution in [3.05, 3.63) is 108 Å². The Morgan fingerprint density at radius 1 is 0.607 bits per heavy atom. The molecule has 0 unspecified atom stereocenters. The Kier molecular flexibility index (Phi) is 8.45. The van der Waals surface area contributed by atoms with E-state index >= 15 is 0 Å². The molecule has 0 saturated carbocycles. The van der Waals surface area contributed by atoms with Gasteiger partial charge in [-0.1, -0.05) is 107 Å². The highest BCUT2D eigenvalue weighted by Gasteiger charge is 2.34. The molecule has 5 heteroatoms. The third kappa shape index (κ3) is 6.69. The molecule has 0 atom stereocenters. The first-order valence-corrected chi connectivity index (χ1v) is 11.2. The van der Waals surface area contributed by atoms with Crippen LogP contribution in [0.5, 0.6) is 0 Å². The maximum Gasteiger partial charge on any atom is 0.306 e. The molecule has 0 N–H and O–H groups in total. The molecule has 0 saturated heterocycles. The lowest BCUT2D eigenvalue weighted by atomic mass is 10.2. The summed E-state index contributed by atoms with van der Waals surface area (Å²) in [6.07, 6.45) is 0. The van der Waals surface area contributed by atoms with E-state index in [4.69, 9.17) is 13.9 Å². The van der Waals surface area contributed by atoms with E-state index < -0.39 is 5.41 Å². The lowest BCUT2D eigenvalue weighted by Gasteiger charge is -2.31. The Balaban J connectivity index is 1.64. The Hall–Kier alpha value is -1.76. The van der Waals surface area contributed by atoms with Crippen molar-refractivity contribution in [1.29, 1.82) is 0 Å². The molecule has 0 aliphatic rings. The minimum atomic E-state index is -0.847. The summed E-state index contributed by atoms with van der Waals surface area (Å²) in [6.45, 7) is 1.45. The van der Waals surface area contributed by atoms with Gasteiger partial charge in [0.2, 0.25) is 0 Å². The standard InChI is InChI=1S/C23H23BrO3Si/c24-19-23(25-16-20-10-4-1-5-11-20,26-17-21-12-6-2-7-13-21)28-27-18-22-14-8-3-9-15-22/h1-15H,16-19H2. The van der Waals surface area contributed by atoms with Gasteiger partial charge in [0.1, 0.15) is 0 Å². The van der Waals surface area contributed by atoms with Crippen molar-refractivity contribution in [2.24, 2.45) is 0 Å². The predicted molar refractivity (Wildman–Crippen MR) is 116 cm³/mol. The van der Waals surface area contributed by atoms with Crippen molar-refractivity contribution in [2.45, 2.75) is 25.2 Å². The van der Waals surface area contributed by atoms with Crippen LogP contribution in [0.15, 0.2) is 91.0 Å². The average Bonchev–Trinajstić information content (AvgIpc) is 2.78. The quantitative estimate of drug-likeness (QED) is 0.223. The molecule has 0 bridgehead atoms. The fourth-order valence-corrected chi connectivity index (χ4v) is 4.00. The summed E-state index contributed by atoms with van der Waals surface area (Å²) < 4.78 is 18.5. The second-order valence-electron chi connectivity index (χ2n) is 6.31. The fourth-order valence-electron chi connectivity index (χ4n) is 2.56. The molecule has 3 aromatic rings. The highest BCUT2D eigenvalue weighted by Crippen LogP contribution is 2.21. The molecule has 0 aliphatic carbocycles. The van der Waals surface area contributed by atoms with Crippen molar-refractivity contribution < 1.29 is 13.9 Å².